The van der Waals surface area contributed by atoms with Gasteiger partial charge in [0.15, 0.2) is 0 Å². The van der Waals surface area contributed by atoms with Crippen molar-refractivity contribution in [3.63, 3.8) is 0 Å². The van der Waals surface area contributed by atoms with E-state index in [9.17, 15) is 10.4 Å². The van der Waals surface area contributed by atoms with Crippen LogP contribution in [0.2, 0.25) is 0 Å². The van der Waals surface area contributed by atoms with Gasteiger partial charge in [0.1, 0.15) is 0 Å². The van der Waals surface area contributed by atoms with Crippen LogP contribution in [0.3, 0.4) is 0 Å². The van der Waals surface area contributed by atoms with E-state index in [1.807, 2.05) is 0 Å². The number of hydrogen-bond donors (Lipinski definition) is 1. The topological polar surface area (TPSA) is 44.0 Å². The predicted molar refractivity (Wildman–Crippen MR) is 126 cm³/mol. The molecule has 0 bridgehead atoms. The predicted octanol–water partition coefficient (Wildman–Crippen LogP) is 7.57. The number of nitriles is 1. The Hall–Kier alpha value is -0.810. The summed E-state index contributed by atoms with van der Waals surface area (Å²) in [5, 5.41) is 20.7. The number of aliphatic hydroxyl groups is 1. The third kappa shape index (κ3) is 3.27. The second-order valence-corrected chi connectivity index (χ2v) is 12.9. The first-order valence-electron chi connectivity index (χ1n) is 13.6. The van der Waals surface area contributed by atoms with Gasteiger partial charge in [0.25, 0.3) is 0 Å². The molecule has 0 heterocycles. The van der Waals surface area contributed by atoms with E-state index < -0.39 is 0 Å². The Morgan fingerprint density at radius 2 is 1.77 bits per heavy atom. The zero-order valence-corrected chi connectivity index (χ0v) is 20.4. The van der Waals surface area contributed by atoms with Crippen LogP contribution in [-0.4, -0.2) is 11.2 Å². The summed E-state index contributed by atoms with van der Waals surface area (Å²) in [5.74, 6) is 3.50. The maximum absolute atomic E-state index is 10.4. The Kier molecular flexibility index (Phi) is 5.61. The molecule has 5 aliphatic carbocycles. The quantitative estimate of drug-likeness (QED) is 0.476. The monoisotopic (exact) mass is 423 g/mol. The van der Waals surface area contributed by atoms with E-state index in [-0.39, 0.29) is 16.9 Å². The second-order valence-electron chi connectivity index (χ2n) is 12.9. The number of nitrogens with zero attached hydrogens (tertiary/aromatic N) is 1. The molecule has 0 aromatic heterocycles. The second kappa shape index (κ2) is 7.90. The average molecular weight is 424 g/mol. The van der Waals surface area contributed by atoms with Crippen molar-refractivity contribution in [2.45, 2.75) is 123 Å². The third-order valence-corrected chi connectivity index (χ3v) is 11.6. The molecular formula is C29H45NO. The molecule has 3 saturated carbocycles. The fourth-order valence-corrected chi connectivity index (χ4v) is 9.78. The average Bonchev–Trinajstić information content (AvgIpc) is 3.12. The van der Waals surface area contributed by atoms with E-state index in [2.05, 4.69) is 26.8 Å². The highest BCUT2D eigenvalue weighted by Gasteiger charge is 2.61. The van der Waals surface area contributed by atoms with Gasteiger partial charge in [0.2, 0.25) is 0 Å². The molecule has 0 radical (unpaired) electrons. The summed E-state index contributed by atoms with van der Waals surface area (Å²) in [6.45, 7) is 7.63. The molecule has 31 heavy (non-hydrogen) atoms. The van der Waals surface area contributed by atoms with Gasteiger partial charge in [-0.3, -0.25) is 0 Å². The number of allylic oxidation sites excluding steroid dienone is 2. The minimum atomic E-state index is -0.330. The minimum Gasteiger partial charge on any atom is -0.393 e. The van der Waals surface area contributed by atoms with Crippen LogP contribution >= 0.6 is 0 Å². The first kappa shape index (κ1) is 22.0. The normalized spacial score (nSPS) is 46.6. The van der Waals surface area contributed by atoms with Crippen LogP contribution in [0.25, 0.3) is 0 Å². The summed E-state index contributed by atoms with van der Waals surface area (Å²) in [7, 11) is 0. The lowest BCUT2D eigenvalue weighted by Crippen LogP contribution is -2.51. The molecule has 2 heteroatoms. The van der Waals surface area contributed by atoms with Gasteiger partial charge in [-0.25, -0.2) is 0 Å². The molecule has 0 aromatic carbocycles. The molecule has 7 atom stereocenters. The van der Waals surface area contributed by atoms with Gasteiger partial charge in [0, 0.05) is 5.41 Å². The highest BCUT2D eigenvalue weighted by Crippen LogP contribution is 2.69. The van der Waals surface area contributed by atoms with Crippen LogP contribution in [0.5, 0.6) is 0 Å². The van der Waals surface area contributed by atoms with Crippen molar-refractivity contribution < 1.29 is 5.11 Å². The first-order chi connectivity index (χ1) is 14.8. The van der Waals surface area contributed by atoms with Crippen molar-refractivity contribution in [3.8, 4) is 6.07 Å². The molecule has 0 saturated heterocycles. The summed E-state index contributed by atoms with van der Waals surface area (Å²) in [4.78, 5) is 0. The molecule has 0 spiro atoms. The smallest absolute Gasteiger partial charge is 0.0700 e. The molecule has 0 amide bonds. The standard InChI is InChI=1S/C29H45NO/c1-20(17-21-7-5-4-6-8-21)24-9-10-25-23-12-16-29(19-30)18-22(31)11-15-28(29,3)26(23)13-14-27(24,25)2/h20-22,24-25,31H,4-18H2,1-3H3/t20-,22-,24-,25+,27-,28-,29+/m1/s1. The Balaban J connectivity index is 1.40. The lowest BCUT2D eigenvalue weighted by atomic mass is 9.45. The molecule has 3 fully saturated rings. The summed E-state index contributed by atoms with van der Waals surface area (Å²) >= 11 is 0. The van der Waals surface area contributed by atoms with Crippen LogP contribution in [0.1, 0.15) is 117 Å². The van der Waals surface area contributed by atoms with Gasteiger partial charge < -0.3 is 5.11 Å². The van der Waals surface area contributed by atoms with E-state index >= 15 is 0 Å². The molecule has 0 aliphatic heterocycles. The lowest BCUT2D eigenvalue weighted by molar-refractivity contribution is -0.0256. The maximum atomic E-state index is 10.4. The summed E-state index contributed by atoms with van der Waals surface area (Å²) in [6.07, 6.45) is 18.6. The number of rotatable bonds is 3. The minimum absolute atomic E-state index is 0.00168. The first-order valence-corrected chi connectivity index (χ1v) is 13.6. The highest BCUT2D eigenvalue weighted by atomic mass is 16.3. The zero-order chi connectivity index (χ0) is 21.9. The summed E-state index contributed by atoms with van der Waals surface area (Å²) < 4.78 is 0. The van der Waals surface area contributed by atoms with Gasteiger partial charge >= 0.3 is 0 Å². The SMILES string of the molecule is C[C@H](CC1CCCCC1)[C@H]1CC[C@H]2C3=C(CC[C@]12C)[C@@]1(C)CC[C@@H](O)C[C@]1(C#N)CC3. The van der Waals surface area contributed by atoms with Crippen LogP contribution < -0.4 is 0 Å². The van der Waals surface area contributed by atoms with Crippen molar-refractivity contribution in [2.24, 2.45) is 39.9 Å². The maximum Gasteiger partial charge on any atom is 0.0700 e. The van der Waals surface area contributed by atoms with Crippen molar-refractivity contribution in [2.75, 3.05) is 0 Å². The largest absolute Gasteiger partial charge is 0.393 e. The van der Waals surface area contributed by atoms with Crippen LogP contribution in [0, 0.1) is 51.2 Å². The van der Waals surface area contributed by atoms with Gasteiger partial charge in [-0.1, -0.05) is 64.0 Å². The van der Waals surface area contributed by atoms with E-state index in [1.54, 1.807) is 11.1 Å². The Morgan fingerprint density at radius 1 is 1.00 bits per heavy atom. The lowest BCUT2D eigenvalue weighted by Gasteiger charge is -2.58. The Bertz CT molecular complexity index is 772. The van der Waals surface area contributed by atoms with Crippen molar-refractivity contribution >= 4 is 0 Å². The Morgan fingerprint density at radius 3 is 2.52 bits per heavy atom. The van der Waals surface area contributed by atoms with Crippen molar-refractivity contribution in [1.29, 1.82) is 5.26 Å². The van der Waals surface area contributed by atoms with Crippen LogP contribution in [-0.2, 0) is 0 Å². The van der Waals surface area contributed by atoms with Crippen LogP contribution in [0.15, 0.2) is 11.1 Å². The van der Waals surface area contributed by atoms with Crippen LogP contribution in [0.4, 0.5) is 0 Å². The van der Waals surface area contributed by atoms with Gasteiger partial charge in [-0.2, -0.15) is 5.26 Å². The fourth-order valence-electron chi connectivity index (χ4n) is 9.78. The molecule has 2 nitrogen and oxygen atoms in total. The summed E-state index contributed by atoms with van der Waals surface area (Å²) in [5.41, 5.74) is 3.61. The molecule has 5 aliphatic rings. The van der Waals surface area contributed by atoms with E-state index in [0.29, 0.717) is 11.8 Å². The number of fused-ring (bicyclic) bond motifs is 4. The third-order valence-electron chi connectivity index (χ3n) is 11.6. The molecule has 0 unspecified atom stereocenters. The number of aliphatic hydroxyl groups excluding tert-OH is 1. The van der Waals surface area contributed by atoms with Crippen molar-refractivity contribution in [3.05, 3.63) is 11.1 Å². The van der Waals surface area contributed by atoms with Gasteiger partial charge in [-0.05, 0) is 93.3 Å². The summed E-state index contributed by atoms with van der Waals surface area (Å²) in [6, 6.07) is 2.77. The zero-order valence-electron chi connectivity index (χ0n) is 20.4. The fraction of sp³-hybridized carbons (Fsp3) is 0.897. The molecular weight excluding hydrogens is 378 g/mol. The van der Waals surface area contributed by atoms with Crippen molar-refractivity contribution in [1.82, 2.24) is 0 Å². The van der Waals surface area contributed by atoms with Gasteiger partial charge in [-0.15, -0.1) is 0 Å². The van der Waals surface area contributed by atoms with E-state index in [1.165, 1.54) is 64.2 Å². The molecule has 5 rings (SSSR count). The molecule has 1 N–H and O–H groups in total. The molecule has 172 valence electrons. The van der Waals surface area contributed by atoms with E-state index in [4.69, 9.17) is 0 Å². The Labute approximate surface area is 190 Å². The molecule has 0 aromatic rings. The van der Waals surface area contributed by atoms with Gasteiger partial charge in [0.05, 0.1) is 17.6 Å². The number of hydrogen-bond acceptors (Lipinski definition) is 2. The van der Waals surface area contributed by atoms with E-state index in [0.717, 1.165) is 49.4 Å². The highest BCUT2D eigenvalue weighted by molar-refractivity contribution is 5.39.